The van der Waals surface area contributed by atoms with Crippen molar-refractivity contribution >= 4 is 24.2 Å². The quantitative estimate of drug-likeness (QED) is 0.797. The molecule has 1 aromatic carbocycles. The second-order valence-electron chi connectivity index (χ2n) is 6.07. The predicted molar refractivity (Wildman–Crippen MR) is 97.1 cm³/mol. The van der Waals surface area contributed by atoms with Gasteiger partial charge in [-0.05, 0) is 52.0 Å². The minimum Gasteiger partial charge on any atom is -0.410 e. The van der Waals surface area contributed by atoms with Crippen molar-refractivity contribution in [3.63, 3.8) is 0 Å². The normalized spacial score (nSPS) is 12.8. The summed E-state index contributed by atoms with van der Waals surface area (Å²) in [5.74, 6) is 0.628. The second-order valence-corrected chi connectivity index (χ2v) is 6.07. The molecule has 1 aliphatic heterocycles. The number of carbonyl (C=O) groups is 1. The summed E-state index contributed by atoms with van der Waals surface area (Å²) in [7, 11) is 5.93. The van der Waals surface area contributed by atoms with Gasteiger partial charge in [-0.3, -0.25) is 0 Å². The Morgan fingerprint density at radius 1 is 1.30 bits per heavy atom. The lowest BCUT2D eigenvalue weighted by molar-refractivity contribution is 0.165. The Bertz CT molecular complexity index is 523. The minimum atomic E-state index is -0.306. The first-order valence-electron chi connectivity index (χ1n) is 7.96. The first-order valence-corrected chi connectivity index (χ1v) is 7.96. The third-order valence-electron chi connectivity index (χ3n) is 4.07. The predicted octanol–water partition coefficient (Wildman–Crippen LogP) is 2.87. The van der Waals surface area contributed by atoms with Gasteiger partial charge in [0.25, 0.3) is 0 Å². The zero-order valence-corrected chi connectivity index (χ0v) is 15.4. The van der Waals surface area contributed by atoms with Crippen LogP contribution in [0.25, 0.3) is 0 Å². The maximum absolute atomic E-state index is 11.9. The lowest BCUT2D eigenvalue weighted by atomic mass is 10.1. The number of amides is 1. The van der Waals surface area contributed by atoms with Gasteiger partial charge in [-0.25, -0.2) is 4.79 Å². The maximum Gasteiger partial charge on any atom is 0.414 e. The van der Waals surface area contributed by atoms with Gasteiger partial charge < -0.3 is 19.4 Å². The number of anilines is 1. The van der Waals surface area contributed by atoms with Gasteiger partial charge in [0, 0.05) is 38.4 Å². The van der Waals surface area contributed by atoms with Crippen LogP contribution in [0.3, 0.4) is 0 Å². The van der Waals surface area contributed by atoms with Crippen molar-refractivity contribution in [2.75, 3.05) is 52.2 Å². The van der Waals surface area contributed by atoms with Crippen molar-refractivity contribution < 1.29 is 9.53 Å². The zero-order chi connectivity index (χ0) is 16.1. The lowest BCUT2D eigenvalue weighted by Crippen LogP contribution is -2.29. The van der Waals surface area contributed by atoms with Crippen LogP contribution in [0.15, 0.2) is 18.2 Å². The van der Waals surface area contributed by atoms with E-state index in [1.165, 1.54) is 11.3 Å². The first kappa shape index (κ1) is 19.6. The monoisotopic (exact) mass is 341 g/mol. The van der Waals surface area contributed by atoms with Gasteiger partial charge in [-0.15, -0.1) is 12.4 Å². The Morgan fingerprint density at radius 3 is 2.70 bits per heavy atom. The summed E-state index contributed by atoms with van der Waals surface area (Å²) >= 11 is 0. The molecule has 0 aromatic heterocycles. The molecule has 23 heavy (non-hydrogen) atoms. The van der Waals surface area contributed by atoms with Gasteiger partial charge in [-0.1, -0.05) is 6.07 Å². The molecule has 6 heteroatoms. The van der Waals surface area contributed by atoms with E-state index in [4.69, 9.17) is 4.74 Å². The van der Waals surface area contributed by atoms with Crippen molar-refractivity contribution in [2.24, 2.45) is 0 Å². The van der Waals surface area contributed by atoms with E-state index < -0.39 is 0 Å². The van der Waals surface area contributed by atoms with Crippen LogP contribution in [0, 0.1) is 0 Å². The molecule has 1 amide bonds. The summed E-state index contributed by atoms with van der Waals surface area (Å²) in [6.07, 6.45) is 1.90. The van der Waals surface area contributed by atoms with Gasteiger partial charge in [0.15, 0.2) is 0 Å². The molecule has 5 nitrogen and oxygen atoms in total. The molecule has 0 spiro atoms. The lowest BCUT2D eigenvalue weighted by Gasteiger charge is -2.21. The van der Waals surface area contributed by atoms with E-state index >= 15 is 0 Å². The molecule has 1 aromatic rings. The molecular formula is C17H28ClN3O2. The zero-order valence-electron chi connectivity index (χ0n) is 14.5. The highest BCUT2D eigenvalue weighted by molar-refractivity contribution is 5.85. The highest BCUT2D eigenvalue weighted by Crippen LogP contribution is 2.32. The third-order valence-corrected chi connectivity index (χ3v) is 4.07. The summed E-state index contributed by atoms with van der Waals surface area (Å²) in [5, 5.41) is 0. The van der Waals surface area contributed by atoms with Gasteiger partial charge >= 0.3 is 6.09 Å². The molecule has 1 heterocycles. The molecule has 0 bridgehead atoms. The van der Waals surface area contributed by atoms with Crippen LogP contribution < -0.4 is 9.64 Å². The molecule has 0 saturated heterocycles. The average molecular weight is 342 g/mol. The van der Waals surface area contributed by atoms with Gasteiger partial charge in [0.1, 0.15) is 5.75 Å². The van der Waals surface area contributed by atoms with Crippen molar-refractivity contribution in [2.45, 2.75) is 19.8 Å². The molecule has 0 aliphatic carbocycles. The number of carbonyl (C=O) groups excluding carboxylic acids is 1. The Morgan fingerprint density at radius 2 is 2.04 bits per heavy atom. The van der Waals surface area contributed by atoms with Crippen molar-refractivity contribution in [1.29, 1.82) is 0 Å². The summed E-state index contributed by atoms with van der Waals surface area (Å²) in [6.45, 7) is 5.74. The Balaban J connectivity index is 0.00000264. The summed E-state index contributed by atoms with van der Waals surface area (Å²) < 4.78 is 5.44. The largest absolute Gasteiger partial charge is 0.414 e. The van der Waals surface area contributed by atoms with Crippen molar-refractivity contribution in [1.82, 2.24) is 9.80 Å². The number of benzene rings is 1. The van der Waals surface area contributed by atoms with Gasteiger partial charge in [0.05, 0.1) is 0 Å². The summed E-state index contributed by atoms with van der Waals surface area (Å²) in [5.41, 5.74) is 2.55. The van der Waals surface area contributed by atoms with Crippen molar-refractivity contribution in [3.8, 4) is 5.75 Å². The Hall–Kier alpha value is -1.46. The molecule has 0 radical (unpaired) electrons. The molecule has 130 valence electrons. The fourth-order valence-corrected chi connectivity index (χ4v) is 2.61. The topological polar surface area (TPSA) is 36.0 Å². The average Bonchev–Trinajstić information content (AvgIpc) is 2.88. The van der Waals surface area contributed by atoms with E-state index in [0.29, 0.717) is 12.3 Å². The van der Waals surface area contributed by atoms with E-state index in [-0.39, 0.29) is 18.5 Å². The van der Waals surface area contributed by atoms with Crippen LogP contribution in [0.4, 0.5) is 10.5 Å². The van der Waals surface area contributed by atoms with Gasteiger partial charge in [-0.2, -0.15) is 0 Å². The third kappa shape index (κ3) is 5.29. The number of hydrogen-bond acceptors (Lipinski definition) is 4. The maximum atomic E-state index is 11.9. The number of halogens is 1. The Labute approximate surface area is 145 Å². The van der Waals surface area contributed by atoms with E-state index in [0.717, 1.165) is 32.5 Å². The second kappa shape index (κ2) is 8.99. The highest BCUT2D eigenvalue weighted by atomic mass is 35.5. The molecule has 0 unspecified atom stereocenters. The molecule has 0 N–H and O–H groups in total. The fraction of sp³-hybridized carbons (Fsp3) is 0.588. The molecule has 2 rings (SSSR count). The fourth-order valence-electron chi connectivity index (χ4n) is 2.61. The standard InChI is InChI=1S/C17H27N3O2.ClH/c1-5-19(4)17(21)22-15-8-7-14-9-12-20(16(14)13-15)11-6-10-18(2)3;/h7-8,13H,5-6,9-12H2,1-4H3;1H. The van der Waals surface area contributed by atoms with E-state index in [1.807, 2.05) is 19.1 Å². The minimum absolute atomic E-state index is 0. The van der Waals surface area contributed by atoms with Crippen LogP contribution in [0.1, 0.15) is 18.9 Å². The van der Waals surface area contributed by atoms with Crippen LogP contribution in [-0.4, -0.2) is 63.2 Å². The number of rotatable bonds is 6. The molecular weight excluding hydrogens is 314 g/mol. The SMILES string of the molecule is CCN(C)C(=O)Oc1ccc2c(c1)N(CCCN(C)C)CC2.Cl. The van der Waals surface area contributed by atoms with Crippen LogP contribution in [-0.2, 0) is 6.42 Å². The first-order chi connectivity index (χ1) is 10.5. The number of nitrogens with zero attached hydrogens (tertiary/aromatic N) is 3. The number of hydrogen-bond donors (Lipinski definition) is 0. The van der Waals surface area contributed by atoms with Crippen LogP contribution in [0.5, 0.6) is 5.75 Å². The van der Waals surface area contributed by atoms with Crippen molar-refractivity contribution in [3.05, 3.63) is 23.8 Å². The molecule has 0 saturated carbocycles. The highest BCUT2D eigenvalue weighted by Gasteiger charge is 2.20. The number of fused-ring (bicyclic) bond motifs is 1. The number of ether oxygens (including phenoxy) is 1. The van der Waals surface area contributed by atoms with Crippen LogP contribution >= 0.6 is 12.4 Å². The van der Waals surface area contributed by atoms with E-state index in [9.17, 15) is 4.79 Å². The molecule has 0 fully saturated rings. The molecule has 1 aliphatic rings. The van der Waals surface area contributed by atoms with Crippen LogP contribution in [0.2, 0.25) is 0 Å². The smallest absolute Gasteiger partial charge is 0.410 e. The Kier molecular flexibility index (Phi) is 7.65. The summed E-state index contributed by atoms with van der Waals surface area (Å²) in [4.78, 5) is 18.0. The summed E-state index contributed by atoms with van der Waals surface area (Å²) in [6, 6.07) is 5.97. The van der Waals surface area contributed by atoms with Gasteiger partial charge in [0.2, 0.25) is 0 Å². The van der Waals surface area contributed by atoms with E-state index in [1.54, 1.807) is 11.9 Å². The van der Waals surface area contributed by atoms with E-state index in [2.05, 4.69) is 30.0 Å². The molecule has 0 atom stereocenters.